The number of likely N-dealkylation sites (tertiary alicyclic amines) is 1. The zero-order valence-corrected chi connectivity index (χ0v) is 16.8. The summed E-state index contributed by atoms with van der Waals surface area (Å²) in [6.07, 6.45) is 0.0830. The van der Waals surface area contributed by atoms with Crippen LogP contribution in [0.2, 0.25) is 0 Å². The molecule has 0 unspecified atom stereocenters. The molecule has 2 aromatic rings. The Bertz CT molecular complexity index is 832. The number of carbonyl (C=O) groups excluding carboxylic acids is 2. The number of methoxy groups -OCH3 is 1. The molecule has 1 fully saturated rings. The van der Waals surface area contributed by atoms with E-state index >= 15 is 0 Å². The average molecular weight is 415 g/mol. The van der Waals surface area contributed by atoms with E-state index in [0.717, 1.165) is 5.56 Å². The summed E-state index contributed by atoms with van der Waals surface area (Å²) in [5.74, 6) is 0.107. The third kappa shape index (κ3) is 5.93. The second-order valence-electron chi connectivity index (χ2n) is 7.03. The van der Waals surface area contributed by atoms with Crippen LogP contribution >= 0.6 is 0 Å². The second kappa shape index (κ2) is 10.6. The van der Waals surface area contributed by atoms with Gasteiger partial charge in [0.2, 0.25) is 5.91 Å². The van der Waals surface area contributed by atoms with Crippen molar-refractivity contribution in [1.82, 2.24) is 15.5 Å². The maximum atomic E-state index is 13.1. The fourth-order valence-corrected chi connectivity index (χ4v) is 3.32. The Balaban J connectivity index is 1.64. The standard InChI is InChI=1S/C22H26FN3O4/c1-29-12-11-24-21(27)20-13-19(30-18-5-3-2-4-6-18)15-26(20)22(28)25-14-16-7-9-17(23)10-8-16/h2-10,19-20H,11-15H2,1H3,(H,24,27)(H,25,28)/t19-,20+/m0/s1. The summed E-state index contributed by atoms with van der Waals surface area (Å²) >= 11 is 0. The fourth-order valence-electron chi connectivity index (χ4n) is 3.32. The minimum Gasteiger partial charge on any atom is -0.488 e. The molecule has 2 aromatic carbocycles. The van der Waals surface area contributed by atoms with Crippen LogP contribution in [0.3, 0.4) is 0 Å². The molecular formula is C22H26FN3O4. The number of ether oxygens (including phenoxy) is 2. The number of halogens is 1. The molecule has 1 aliphatic rings. The summed E-state index contributed by atoms with van der Waals surface area (Å²) in [6, 6.07) is 14.2. The summed E-state index contributed by atoms with van der Waals surface area (Å²) in [6.45, 7) is 1.27. The van der Waals surface area contributed by atoms with Gasteiger partial charge in [-0.05, 0) is 29.8 Å². The number of carbonyl (C=O) groups is 2. The molecule has 1 aliphatic heterocycles. The zero-order chi connectivity index (χ0) is 21.3. The van der Waals surface area contributed by atoms with Crippen molar-refractivity contribution in [2.24, 2.45) is 0 Å². The zero-order valence-electron chi connectivity index (χ0n) is 16.8. The fraction of sp³-hybridized carbons (Fsp3) is 0.364. The van der Waals surface area contributed by atoms with Gasteiger partial charge in [0.1, 0.15) is 23.7 Å². The molecule has 2 atom stereocenters. The highest BCUT2D eigenvalue weighted by Gasteiger charge is 2.40. The van der Waals surface area contributed by atoms with Crippen LogP contribution in [0.25, 0.3) is 0 Å². The van der Waals surface area contributed by atoms with E-state index < -0.39 is 6.04 Å². The SMILES string of the molecule is COCCNC(=O)[C@H]1C[C@H](Oc2ccccc2)CN1C(=O)NCc1ccc(F)cc1. The van der Waals surface area contributed by atoms with Crippen LogP contribution in [0.4, 0.5) is 9.18 Å². The number of hydrogen-bond donors (Lipinski definition) is 2. The summed E-state index contributed by atoms with van der Waals surface area (Å²) in [5.41, 5.74) is 0.766. The van der Waals surface area contributed by atoms with Gasteiger partial charge in [-0.3, -0.25) is 4.79 Å². The average Bonchev–Trinajstić information content (AvgIpc) is 3.18. The minimum absolute atomic E-state index is 0.234. The number of para-hydroxylation sites is 1. The topological polar surface area (TPSA) is 79.9 Å². The van der Waals surface area contributed by atoms with Crippen molar-refractivity contribution in [3.8, 4) is 5.75 Å². The van der Waals surface area contributed by atoms with E-state index in [-0.39, 0.29) is 36.9 Å². The highest BCUT2D eigenvalue weighted by molar-refractivity contribution is 5.87. The second-order valence-corrected chi connectivity index (χ2v) is 7.03. The van der Waals surface area contributed by atoms with Crippen LogP contribution in [0.1, 0.15) is 12.0 Å². The van der Waals surface area contributed by atoms with Crippen LogP contribution in [0.5, 0.6) is 5.75 Å². The lowest BCUT2D eigenvalue weighted by molar-refractivity contribution is -0.124. The van der Waals surface area contributed by atoms with Gasteiger partial charge in [0.05, 0.1) is 13.2 Å². The lowest BCUT2D eigenvalue weighted by Crippen LogP contribution is -2.49. The summed E-state index contributed by atoms with van der Waals surface area (Å²) in [7, 11) is 1.56. The molecule has 0 aromatic heterocycles. The summed E-state index contributed by atoms with van der Waals surface area (Å²) < 4.78 is 24.0. The van der Waals surface area contributed by atoms with Gasteiger partial charge in [0, 0.05) is 26.6 Å². The maximum absolute atomic E-state index is 13.1. The van der Waals surface area contributed by atoms with E-state index in [0.29, 0.717) is 25.3 Å². The van der Waals surface area contributed by atoms with Gasteiger partial charge >= 0.3 is 6.03 Å². The van der Waals surface area contributed by atoms with Crippen molar-refractivity contribution in [3.05, 3.63) is 66.0 Å². The molecule has 7 nitrogen and oxygen atoms in total. The molecule has 1 heterocycles. The van der Waals surface area contributed by atoms with E-state index in [1.165, 1.54) is 17.0 Å². The van der Waals surface area contributed by atoms with E-state index in [1.54, 1.807) is 19.2 Å². The quantitative estimate of drug-likeness (QED) is 0.649. The molecule has 1 saturated heterocycles. The third-order valence-electron chi connectivity index (χ3n) is 4.83. The van der Waals surface area contributed by atoms with Crippen LogP contribution in [-0.2, 0) is 16.1 Å². The van der Waals surface area contributed by atoms with E-state index in [9.17, 15) is 14.0 Å². The number of hydrogen-bond acceptors (Lipinski definition) is 4. The van der Waals surface area contributed by atoms with Gasteiger partial charge in [-0.2, -0.15) is 0 Å². The molecular weight excluding hydrogens is 389 g/mol. The van der Waals surface area contributed by atoms with Gasteiger partial charge in [0.15, 0.2) is 0 Å². The predicted molar refractivity (Wildman–Crippen MR) is 109 cm³/mol. The molecule has 160 valence electrons. The van der Waals surface area contributed by atoms with Crippen molar-refractivity contribution in [3.63, 3.8) is 0 Å². The van der Waals surface area contributed by atoms with Gasteiger partial charge < -0.3 is 25.0 Å². The Labute approximate surface area is 175 Å². The van der Waals surface area contributed by atoms with Gasteiger partial charge in [-0.25, -0.2) is 9.18 Å². The smallest absolute Gasteiger partial charge is 0.318 e. The number of nitrogens with zero attached hydrogens (tertiary/aromatic N) is 1. The Morgan fingerprint density at radius 2 is 1.83 bits per heavy atom. The summed E-state index contributed by atoms with van der Waals surface area (Å²) in [5, 5.41) is 5.59. The van der Waals surface area contributed by atoms with E-state index in [4.69, 9.17) is 9.47 Å². The molecule has 0 bridgehead atoms. The number of amides is 3. The molecule has 0 aliphatic carbocycles. The Morgan fingerprint density at radius 3 is 2.53 bits per heavy atom. The van der Waals surface area contributed by atoms with Crippen LogP contribution < -0.4 is 15.4 Å². The monoisotopic (exact) mass is 415 g/mol. The number of benzene rings is 2. The molecule has 30 heavy (non-hydrogen) atoms. The van der Waals surface area contributed by atoms with Gasteiger partial charge in [0.25, 0.3) is 0 Å². The van der Waals surface area contributed by atoms with E-state index in [1.807, 2.05) is 30.3 Å². The Hall–Kier alpha value is -3.13. The first-order valence-electron chi connectivity index (χ1n) is 9.84. The van der Waals surface area contributed by atoms with Crippen LogP contribution in [0.15, 0.2) is 54.6 Å². The number of nitrogens with one attached hydrogen (secondary N) is 2. The highest BCUT2D eigenvalue weighted by Crippen LogP contribution is 2.23. The van der Waals surface area contributed by atoms with Crippen molar-refractivity contribution in [2.75, 3.05) is 26.8 Å². The molecule has 2 N–H and O–H groups in total. The molecule has 3 rings (SSSR count). The largest absolute Gasteiger partial charge is 0.488 e. The molecule has 3 amide bonds. The predicted octanol–water partition coefficient (Wildman–Crippen LogP) is 2.32. The first kappa shape index (κ1) is 21.6. The number of urea groups is 1. The first-order valence-corrected chi connectivity index (χ1v) is 9.84. The lowest BCUT2D eigenvalue weighted by atomic mass is 10.2. The first-order chi connectivity index (χ1) is 14.6. The van der Waals surface area contributed by atoms with Crippen LogP contribution in [-0.4, -0.2) is 55.8 Å². The number of rotatable bonds is 8. The minimum atomic E-state index is -0.649. The van der Waals surface area contributed by atoms with Crippen molar-refractivity contribution in [2.45, 2.75) is 25.1 Å². The Kier molecular flexibility index (Phi) is 7.62. The highest BCUT2D eigenvalue weighted by atomic mass is 19.1. The molecule has 8 heteroatoms. The lowest BCUT2D eigenvalue weighted by Gasteiger charge is -2.24. The van der Waals surface area contributed by atoms with Crippen LogP contribution in [0, 0.1) is 5.82 Å². The van der Waals surface area contributed by atoms with Crippen molar-refractivity contribution >= 4 is 11.9 Å². The molecule has 0 saturated carbocycles. The Morgan fingerprint density at radius 1 is 1.10 bits per heavy atom. The van der Waals surface area contributed by atoms with Gasteiger partial charge in [-0.15, -0.1) is 0 Å². The normalized spacial score (nSPS) is 18.1. The van der Waals surface area contributed by atoms with Crippen molar-refractivity contribution in [1.29, 1.82) is 0 Å². The van der Waals surface area contributed by atoms with Gasteiger partial charge in [-0.1, -0.05) is 30.3 Å². The third-order valence-corrected chi connectivity index (χ3v) is 4.83. The molecule has 0 spiro atoms. The molecule has 0 radical (unpaired) electrons. The van der Waals surface area contributed by atoms with E-state index in [2.05, 4.69) is 10.6 Å². The summed E-state index contributed by atoms with van der Waals surface area (Å²) in [4.78, 5) is 27.0. The van der Waals surface area contributed by atoms with Crippen molar-refractivity contribution < 1.29 is 23.5 Å². The maximum Gasteiger partial charge on any atom is 0.318 e.